The van der Waals surface area contributed by atoms with Crippen molar-refractivity contribution in [1.82, 2.24) is 19.2 Å². The van der Waals surface area contributed by atoms with E-state index in [1.807, 2.05) is 13.8 Å². The number of ether oxygens (including phenoxy) is 2. The number of carbonyl (C=O) groups excluding carboxylic acids is 3. The monoisotopic (exact) mass is 748 g/mol. The van der Waals surface area contributed by atoms with E-state index in [0.29, 0.717) is 44.9 Å². The van der Waals surface area contributed by atoms with Gasteiger partial charge in [-0.25, -0.2) is 21.6 Å². The Balaban J connectivity index is 1.66. The van der Waals surface area contributed by atoms with Crippen molar-refractivity contribution in [3.63, 3.8) is 0 Å². The lowest BCUT2D eigenvalue weighted by Crippen LogP contribution is -2.60. The molecule has 0 saturated heterocycles. The molecule has 2 aromatic rings. The number of carbonyl (C=O) groups is 3. The van der Waals surface area contributed by atoms with Gasteiger partial charge < -0.3 is 20.1 Å². The molecule has 2 fully saturated rings. The first-order chi connectivity index (χ1) is 23.9. The average molecular weight is 749 g/mol. The molecule has 13 nitrogen and oxygen atoms in total. The smallest absolute Gasteiger partial charge is 0.407 e. The number of hydrogen-bond donors (Lipinski definition) is 2. The molecule has 0 heterocycles. The number of nitrogens with one attached hydrogen (secondary N) is 2. The number of alkyl carbamates (subject to hydrolysis) is 1. The third kappa shape index (κ3) is 10.5. The number of benzene rings is 2. The van der Waals surface area contributed by atoms with Gasteiger partial charge in [-0.15, -0.1) is 0 Å². The Labute approximate surface area is 302 Å². The standard InChI is InChI=1S/C36H52N4O9S2/c1-25-15-19-27(20-16-25)50(44,45)39(32-14-10-8-12-30(32)38-35(43)49-36(3,4)5)23-33(41)37-29-11-7-9-13-31(29)40(24-34(42)48-6)51(46,47)28-21-17-26(2)18-22-28/h15-22,29-32H,7-14,23-24H2,1-6H3,(H,37,41)(H,38,43). The van der Waals surface area contributed by atoms with E-state index in [2.05, 4.69) is 10.6 Å². The number of sulfonamides is 2. The first-order valence-corrected chi connectivity index (χ1v) is 20.3. The minimum Gasteiger partial charge on any atom is -0.468 e. The molecule has 0 bridgehead atoms. The molecule has 4 atom stereocenters. The van der Waals surface area contributed by atoms with Gasteiger partial charge in [0.25, 0.3) is 0 Å². The van der Waals surface area contributed by atoms with E-state index >= 15 is 0 Å². The van der Waals surface area contributed by atoms with E-state index in [-0.39, 0.29) is 9.79 Å². The zero-order chi connectivity index (χ0) is 37.6. The first-order valence-electron chi connectivity index (χ1n) is 17.4. The van der Waals surface area contributed by atoms with Gasteiger partial charge >= 0.3 is 12.1 Å². The van der Waals surface area contributed by atoms with Crippen molar-refractivity contribution in [3.8, 4) is 0 Å². The Hall–Kier alpha value is -3.53. The quantitative estimate of drug-likeness (QED) is 0.299. The van der Waals surface area contributed by atoms with E-state index in [4.69, 9.17) is 9.47 Å². The molecule has 0 radical (unpaired) electrons. The second-order valence-corrected chi connectivity index (χ2v) is 18.2. The van der Waals surface area contributed by atoms with Crippen molar-refractivity contribution in [3.05, 3.63) is 59.7 Å². The van der Waals surface area contributed by atoms with Crippen molar-refractivity contribution in [1.29, 1.82) is 0 Å². The molecule has 51 heavy (non-hydrogen) atoms. The molecule has 0 aromatic heterocycles. The number of amides is 2. The topological polar surface area (TPSA) is 168 Å². The van der Waals surface area contributed by atoms with Gasteiger partial charge in [0, 0.05) is 24.2 Å². The summed E-state index contributed by atoms with van der Waals surface area (Å²) in [4.78, 5) is 39.5. The zero-order valence-electron chi connectivity index (χ0n) is 30.4. The molecule has 15 heteroatoms. The summed E-state index contributed by atoms with van der Waals surface area (Å²) in [7, 11) is -7.28. The van der Waals surface area contributed by atoms with Crippen LogP contribution >= 0.6 is 0 Å². The van der Waals surface area contributed by atoms with Gasteiger partial charge in [-0.1, -0.05) is 61.1 Å². The Bertz CT molecular complexity index is 1740. The summed E-state index contributed by atoms with van der Waals surface area (Å²) in [6.07, 6.45) is 3.75. The Morgan fingerprint density at radius 1 is 0.686 bits per heavy atom. The second kappa shape index (κ2) is 16.9. The highest BCUT2D eigenvalue weighted by Gasteiger charge is 2.43. The van der Waals surface area contributed by atoms with E-state index in [0.717, 1.165) is 26.2 Å². The number of rotatable bonds is 12. The molecule has 2 aromatic carbocycles. The average Bonchev–Trinajstić information content (AvgIpc) is 3.06. The van der Waals surface area contributed by atoms with Crippen molar-refractivity contribution < 1.29 is 40.7 Å². The van der Waals surface area contributed by atoms with Crippen LogP contribution in [-0.2, 0) is 39.1 Å². The summed E-state index contributed by atoms with van der Waals surface area (Å²) >= 11 is 0. The van der Waals surface area contributed by atoms with Gasteiger partial charge in [-0.3, -0.25) is 9.59 Å². The third-order valence-corrected chi connectivity index (χ3v) is 13.1. The number of methoxy groups -OCH3 is 1. The van der Waals surface area contributed by atoms with Crippen LogP contribution in [-0.4, -0.2) is 93.4 Å². The summed E-state index contributed by atoms with van der Waals surface area (Å²) in [5.41, 5.74) is 0.955. The van der Waals surface area contributed by atoms with Gasteiger partial charge in [0.05, 0.1) is 23.4 Å². The Kier molecular flexibility index (Phi) is 13.3. The van der Waals surface area contributed by atoms with Gasteiger partial charge in [0.2, 0.25) is 26.0 Å². The highest BCUT2D eigenvalue weighted by molar-refractivity contribution is 7.89. The maximum absolute atomic E-state index is 14.3. The van der Waals surface area contributed by atoms with Crippen molar-refractivity contribution in [2.24, 2.45) is 0 Å². The first kappa shape index (κ1) is 40.2. The van der Waals surface area contributed by atoms with Crippen LogP contribution in [0, 0.1) is 13.8 Å². The third-order valence-electron chi connectivity index (χ3n) is 9.31. The zero-order valence-corrected chi connectivity index (χ0v) is 32.0. The van der Waals surface area contributed by atoms with Gasteiger partial charge in [0.1, 0.15) is 12.1 Å². The number of aryl methyl sites for hydroxylation is 2. The number of nitrogens with zero attached hydrogens (tertiary/aromatic N) is 2. The molecule has 0 spiro atoms. The van der Waals surface area contributed by atoms with Crippen LogP contribution in [0.1, 0.15) is 83.3 Å². The molecule has 4 unspecified atom stereocenters. The van der Waals surface area contributed by atoms with Crippen LogP contribution < -0.4 is 10.6 Å². The number of hydrogen-bond acceptors (Lipinski definition) is 9. The molecule has 282 valence electrons. The molecule has 0 aliphatic heterocycles. The minimum absolute atomic E-state index is 0.00356. The summed E-state index contributed by atoms with van der Waals surface area (Å²) in [5.74, 6) is -1.38. The normalized spacial score (nSPS) is 21.6. The second-order valence-electron chi connectivity index (χ2n) is 14.4. The van der Waals surface area contributed by atoms with E-state index < -0.39 is 80.9 Å². The maximum Gasteiger partial charge on any atom is 0.407 e. The SMILES string of the molecule is COC(=O)CN(C1CCCCC1NC(=O)CN(C1CCCCC1NC(=O)OC(C)(C)C)S(=O)(=O)c1ccc(C)cc1)S(=O)(=O)c1ccc(C)cc1. The fourth-order valence-electron chi connectivity index (χ4n) is 6.75. The summed E-state index contributed by atoms with van der Waals surface area (Å²) < 4.78 is 69.3. The number of esters is 1. The molecule has 2 aliphatic carbocycles. The van der Waals surface area contributed by atoms with E-state index in [9.17, 15) is 31.2 Å². The summed E-state index contributed by atoms with van der Waals surface area (Å²) in [6, 6.07) is 9.73. The van der Waals surface area contributed by atoms with Crippen LogP contribution in [0.3, 0.4) is 0 Å². The highest BCUT2D eigenvalue weighted by Crippen LogP contribution is 2.31. The Morgan fingerprint density at radius 3 is 1.53 bits per heavy atom. The molecular weight excluding hydrogens is 697 g/mol. The maximum atomic E-state index is 14.3. The molecule has 2 amide bonds. The lowest BCUT2D eigenvalue weighted by atomic mass is 9.89. The van der Waals surface area contributed by atoms with Crippen LogP contribution in [0.2, 0.25) is 0 Å². The predicted molar refractivity (Wildman–Crippen MR) is 192 cm³/mol. The van der Waals surface area contributed by atoms with Crippen LogP contribution in [0.5, 0.6) is 0 Å². The molecule has 2 N–H and O–H groups in total. The van der Waals surface area contributed by atoms with E-state index in [1.165, 1.54) is 31.4 Å². The molecular formula is C36H52N4O9S2. The van der Waals surface area contributed by atoms with Crippen molar-refractivity contribution in [2.75, 3.05) is 20.2 Å². The lowest BCUT2D eigenvalue weighted by molar-refractivity contribution is -0.141. The van der Waals surface area contributed by atoms with Crippen LogP contribution in [0.4, 0.5) is 4.79 Å². The lowest BCUT2D eigenvalue weighted by Gasteiger charge is -2.41. The van der Waals surface area contributed by atoms with Crippen molar-refractivity contribution in [2.45, 2.75) is 126 Å². The van der Waals surface area contributed by atoms with Crippen molar-refractivity contribution >= 4 is 38.0 Å². The summed E-state index contributed by atoms with van der Waals surface area (Å²) in [5, 5.41) is 5.81. The largest absolute Gasteiger partial charge is 0.468 e. The molecule has 2 saturated carbocycles. The molecule has 4 rings (SSSR count). The predicted octanol–water partition coefficient (Wildman–Crippen LogP) is 4.42. The van der Waals surface area contributed by atoms with Gasteiger partial charge in [0.15, 0.2) is 0 Å². The fourth-order valence-corrected chi connectivity index (χ4v) is 10.0. The fraction of sp³-hybridized carbons (Fsp3) is 0.583. The Morgan fingerprint density at radius 2 is 1.10 bits per heavy atom. The summed E-state index contributed by atoms with van der Waals surface area (Å²) in [6.45, 7) is 7.75. The van der Waals surface area contributed by atoms with Crippen LogP contribution in [0.15, 0.2) is 58.3 Å². The van der Waals surface area contributed by atoms with E-state index in [1.54, 1.807) is 45.0 Å². The van der Waals surface area contributed by atoms with Gasteiger partial charge in [-0.2, -0.15) is 8.61 Å². The minimum atomic E-state index is -4.26. The van der Waals surface area contributed by atoms with Gasteiger partial charge in [-0.05, 0) is 84.6 Å². The molecule has 2 aliphatic rings. The van der Waals surface area contributed by atoms with Crippen LogP contribution in [0.25, 0.3) is 0 Å². The highest BCUT2D eigenvalue weighted by atomic mass is 32.2.